The van der Waals surface area contributed by atoms with Crippen molar-refractivity contribution in [2.45, 2.75) is 38.7 Å². The summed E-state index contributed by atoms with van der Waals surface area (Å²) in [6, 6.07) is 3.38. The zero-order chi connectivity index (χ0) is 13.0. The van der Waals surface area contributed by atoms with E-state index in [0.717, 1.165) is 42.8 Å². The second-order valence-corrected chi connectivity index (χ2v) is 4.64. The molecule has 2 N–H and O–H groups in total. The average Bonchev–Trinajstić information content (AvgIpc) is 2.36. The summed E-state index contributed by atoms with van der Waals surface area (Å²) in [7, 11) is 1.75. The van der Waals surface area contributed by atoms with Crippen molar-refractivity contribution in [3.8, 4) is 0 Å². The van der Waals surface area contributed by atoms with Crippen LogP contribution >= 0.6 is 0 Å². The van der Waals surface area contributed by atoms with Gasteiger partial charge in [0.05, 0.1) is 11.8 Å². The average molecular weight is 249 g/mol. The number of H-pyrrole nitrogens is 1. The summed E-state index contributed by atoms with van der Waals surface area (Å²) in [6.45, 7) is 1.85. The Morgan fingerprint density at radius 3 is 2.72 bits per heavy atom. The van der Waals surface area contributed by atoms with E-state index in [1.807, 2.05) is 13.0 Å². The Bertz CT molecular complexity index is 483. The van der Waals surface area contributed by atoms with Crippen LogP contribution in [0.15, 0.2) is 22.0 Å². The lowest BCUT2D eigenvalue weighted by Gasteiger charge is -2.21. The molecule has 1 aromatic heterocycles. The van der Waals surface area contributed by atoms with Crippen molar-refractivity contribution < 1.29 is 4.74 Å². The Hall–Kier alpha value is -1.62. The normalized spacial score (nSPS) is 19.7. The van der Waals surface area contributed by atoms with Gasteiger partial charge >= 0.3 is 0 Å². The molecule has 0 aliphatic heterocycles. The highest BCUT2D eigenvalue weighted by Crippen LogP contribution is 2.18. The van der Waals surface area contributed by atoms with E-state index < -0.39 is 0 Å². The molecule has 0 saturated heterocycles. The van der Waals surface area contributed by atoms with Crippen molar-refractivity contribution in [2.75, 3.05) is 12.5 Å². The molecule has 0 unspecified atom stereocenters. The van der Waals surface area contributed by atoms with Gasteiger partial charge in [-0.2, -0.15) is 5.10 Å². The molecule has 18 heavy (non-hydrogen) atoms. The molecule has 98 valence electrons. The van der Waals surface area contributed by atoms with E-state index in [4.69, 9.17) is 4.74 Å². The number of anilines is 1. The lowest BCUT2D eigenvalue weighted by Crippen LogP contribution is -2.21. The first-order valence-corrected chi connectivity index (χ1v) is 6.22. The minimum absolute atomic E-state index is 0.110. The second kappa shape index (κ2) is 5.82. The highest BCUT2D eigenvalue weighted by molar-refractivity contribution is 5.85. The van der Waals surface area contributed by atoms with Gasteiger partial charge in [-0.3, -0.25) is 10.2 Å². The van der Waals surface area contributed by atoms with Crippen LogP contribution in [0.25, 0.3) is 0 Å². The summed E-state index contributed by atoms with van der Waals surface area (Å²) in [6.07, 6.45) is 4.31. The Kier molecular flexibility index (Phi) is 4.15. The molecule has 0 bridgehead atoms. The fraction of sp³-hybridized carbons (Fsp3) is 0.538. The molecule has 1 saturated carbocycles. The van der Waals surface area contributed by atoms with E-state index in [-0.39, 0.29) is 5.56 Å². The molecule has 1 fully saturated rings. The van der Waals surface area contributed by atoms with Gasteiger partial charge in [0.1, 0.15) is 0 Å². The number of methoxy groups -OCH3 is 1. The van der Waals surface area contributed by atoms with Gasteiger partial charge in [-0.25, -0.2) is 0 Å². The first-order valence-electron chi connectivity index (χ1n) is 6.22. The number of nitrogens with zero attached hydrogens (tertiary/aromatic N) is 1. The summed E-state index contributed by atoms with van der Waals surface area (Å²) >= 11 is 0. The third-order valence-electron chi connectivity index (χ3n) is 3.17. The molecule has 2 rings (SSSR count). The Morgan fingerprint density at radius 1 is 1.39 bits per heavy atom. The standard InChI is InChI=1S/C13H19N3O2/c1-9-7-11(8-13(17)14-9)16-15-10-3-5-12(18-2)6-4-10/h7-8,12H,3-6H2,1-2H3,(H2,14,16,17). The van der Waals surface area contributed by atoms with Gasteiger partial charge in [0.15, 0.2) is 0 Å². The molecule has 0 radical (unpaired) electrons. The topological polar surface area (TPSA) is 66.5 Å². The molecule has 0 amide bonds. The van der Waals surface area contributed by atoms with Crippen LogP contribution in [0.2, 0.25) is 0 Å². The summed E-state index contributed by atoms with van der Waals surface area (Å²) in [5.41, 5.74) is 5.55. The van der Waals surface area contributed by atoms with Crippen molar-refractivity contribution >= 4 is 11.4 Å². The molecule has 5 nitrogen and oxygen atoms in total. The predicted molar refractivity (Wildman–Crippen MR) is 72.1 cm³/mol. The van der Waals surface area contributed by atoms with Crippen LogP contribution in [0.5, 0.6) is 0 Å². The third-order valence-corrected chi connectivity index (χ3v) is 3.17. The van der Waals surface area contributed by atoms with Crippen LogP contribution in [0.1, 0.15) is 31.4 Å². The number of hydrogen-bond acceptors (Lipinski definition) is 4. The van der Waals surface area contributed by atoms with E-state index in [0.29, 0.717) is 6.10 Å². The van der Waals surface area contributed by atoms with E-state index >= 15 is 0 Å². The first kappa shape index (κ1) is 12.8. The van der Waals surface area contributed by atoms with Crippen LogP contribution < -0.4 is 11.0 Å². The van der Waals surface area contributed by atoms with E-state index in [9.17, 15) is 4.79 Å². The molecule has 0 spiro atoms. The highest BCUT2D eigenvalue weighted by Gasteiger charge is 2.16. The zero-order valence-corrected chi connectivity index (χ0v) is 10.8. The summed E-state index contributed by atoms with van der Waals surface area (Å²) < 4.78 is 5.31. The van der Waals surface area contributed by atoms with Gasteiger partial charge < -0.3 is 9.72 Å². The number of aryl methyl sites for hydroxylation is 1. The van der Waals surface area contributed by atoms with Gasteiger partial charge in [0.25, 0.3) is 0 Å². The first-order chi connectivity index (χ1) is 8.67. The van der Waals surface area contributed by atoms with Gasteiger partial charge in [0.2, 0.25) is 5.56 Å². The molecule has 1 heterocycles. The third kappa shape index (κ3) is 3.43. The Balaban J connectivity index is 1.96. The van der Waals surface area contributed by atoms with Crippen molar-refractivity contribution in [2.24, 2.45) is 5.10 Å². The number of rotatable bonds is 3. The molecular weight excluding hydrogens is 230 g/mol. The van der Waals surface area contributed by atoms with Crippen molar-refractivity contribution in [1.82, 2.24) is 4.98 Å². The van der Waals surface area contributed by atoms with Crippen molar-refractivity contribution in [1.29, 1.82) is 0 Å². The SMILES string of the molecule is COC1CCC(=NNc2cc(C)[nH]c(=O)c2)CC1. The largest absolute Gasteiger partial charge is 0.381 e. The summed E-state index contributed by atoms with van der Waals surface area (Å²) in [5, 5.41) is 4.36. The van der Waals surface area contributed by atoms with Crippen LogP contribution in [-0.2, 0) is 4.74 Å². The number of ether oxygens (including phenoxy) is 1. The number of aromatic amines is 1. The van der Waals surface area contributed by atoms with Gasteiger partial charge in [-0.15, -0.1) is 0 Å². The fourth-order valence-corrected chi connectivity index (χ4v) is 2.16. The van der Waals surface area contributed by atoms with Gasteiger partial charge in [-0.1, -0.05) is 0 Å². The molecule has 1 aliphatic rings. The van der Waals surface area contributed by atoms with Crippen molar-refractivity contribution in [3.05, 3.63) is 28.2 Å². The quantitative estimate of drug-likeness (QED) is 0.806. The highest BCUT2D eigenvalue weighted by atomic mass is 16.5. The Morgan fingerprint density at radius 2 is 2.11 bits per heavy atom. The number of pyridine rings is 1. The van der Waals surface area contributed by atoms with E-state index in [1.54, 1.807) is 7.11 Å². The fourth-order valence-electron chi connectivity index (χ4n) is 2.16. The molecular formula is C13H19N3O2. The maximum absolute atomic E-state index is 11.3. The lowest BCUT2D eigenvalue weighted by atomic mass is 9.96. The van der Waals surface area contributed by atoms with Crippen LogP contribution in [0, 0.1) is 6.92 Å². The number of aromatic nitrogens is 1. The van der Waals surface area contributed by atoms with Gasteiger partial charge in [0, 0.05) is 24.6 Å². The number of hydrogen-bond donors (Lipinski definition) is 2. The van der Waals surface area contributed by atoms with Crippen molar-refractivity contribution in [3.63, 3.8) is 0 Å². The molecule has 1 aliphatic carbocycles. The minimum Gasteiger partial charge on any atom is -0.381 e. The van der Waals surface area contributed by atoms with Crippen LogP contribution in [-0.4, -0.2) is 23.9 Å². The summed E-state index contributed by atoms with van der Waals surface area (Å²) in [5.74, 6) is 0. The summed E-state index contributed by atoms with van der Waals surface area (Å²) in [4.78, 5) is 14.0. The molecule has 1 aromatic rings. The smallest absolute Gasteiger partial charge is 0.250 e. The number of hydrazone groups is 1. The van der Waals surface area contributed by atoms with E-state index in [1.165, 1.54) is 6.07 Å². The number of nitrogens with one attached hydrogen (secondary N) is 2. The second-order valence-electron chi connectivity index (χ2n) is 4.64. The maximum Gasteiger partial charge on any atom is 0.250 e. The van der Waals surface area contributed by atoms with Crippen LogP contribution in [0.3, 0.4) is 0 Å². The monoisotopic (exact) mass is 249 g/mol. The molecule has 5 heteroatoms. The van der Waals surface area contributed by atoms with E-state index in [2.05, 4.69) is 15.5 Å². The van der Waals surface area contributed by atoms with Gasteiger partial charge in [-0.05, 0) is 38.7 Å². The molecule has 0 aromatic carbocycles. The minimum atomic E-state index is -0.110. The maximum atomic E-state index is 11.3. The zero-order valence-electron chi connectivity index (χ0n) is 10.8. The van der Waals surface area contributed by atoms with Crippen LogP contribution in [0.4, 0.5) is 5.69 Å². The molecule has 0 atom stereocenters. The lowest BCUT2D eigenvalue weighted by molar-refractivity contribution is 0.0863. The Labute approximate surface area is 106 Å². The predicted octanol–water partition coefficient (Wildman–Crippen LogP) is 2.04.